The second-order valence-electron chi connectivity index (χ2n) is 6.01. The number of nitrogens with zero attached hydrogens (tertiary/aromatic N) is 2. The van der Waals surface area contributed by atoms with Gasteiger partial charge in [0.2, 0.25) is 5.91 Å². The molecule has 1 aliphatic rings. The molecule has 0 unspecified atom stereocenters. The quantitative estimate of drug-likeness (QED) is 0.904. The molecule has 6 nitrogen and oxygen atoms in total. The van der Waals surface area contributed by atoms with Gasteiger partial charge in [0.25, 0.3) is 5.56 Å². The van der Waals surface area contributed by atoms with Gasteiger partial charge < -0.3 is 5.32 Å². The van der Waals surface area contributed by atoms with Crippen molar-refractivity contribution in [1.29, 1.82) is 0 Å². The van der Waals surface area contributed by atoms with Crippen LogP contribution in [0.25, 0.3) is 10.2 Å². The highest BCUT2D eigenvalue weighted by atomic mass is 32.1. The number of hydrogen-bond donors (Lipinski definition) is 1. The van der Waals surface area contributed by atoms with E-state index in [0.717, 1.165) is 25.7 Å². The molecule has 1 saturated carbocycles. The van der Waals surface area contributed by atoms with Crippen molar-refractivity contribution in [2.45, 2.75) is 58.2 Å². The number of aromatic nitrogens is 2. The maximum absolute atomic E-state index is 12.6. The van der Waals surface area contributed by atoms with E-state index < -0.39 is 5.69 Å². The SMILES string of the molecule is CCCn1c(=O)c2sccc2n(CC(=O)NC2CCCC2)c1=O. The maximum Gasteiger partial charge on any atom is 0.332 e. The molecular formula is C16H21N3O3S. The molecule has 0 radical (unpaired) electrons. The van der Waals surface area contributed by atoms with Crippen molar-refractivity contribution in [3.05, 3.63) is 32.3 Å². The molecule has 0 aromatic carbocycles. The monoisotopic (exact) mass is 335 g/mol. The lowest BCUT2D eigenvalue weighted by Gasteiger charge is -2.14. The Balaban J connectivity index is 1.95. The van der Waals surface area contributed by atoms with E-state index in [1.165, 1.54) is 20.5 Å². The van der Waals surface area contributed by atoms with E-state index >= 15 is 0 Å². The van der Waals surface area contributed by atoms with Crippen LogP contribution in [-0.4, -0.2) is 21.1 Å². The van der Waals surface area contributed by atoms with Gasteiger partial charge >= 0.3 is 5.69 Å². The number of carbonyl (C=O) groups is 1. The Bertz CT molecular complexity index is 827. The Morgan fingerprint density at radius 2 is 2.04 bits per heavy atom. The Kier molecular flexibility index (Phi) is 4.66. The van der Waals surface area contributed by atoms with Crippen LogP contribution in [0.2, 0.25) is 0 Å². The Labute approximate surface area is 137 Å². The van der Waals surface area contributed by atoms with Gasteiger partial charge in [-0.1, -0.05) is 19.8 Å². The molecule has 7 heteroatoms. The Morgan fingerprint density at radius 3 is 2.74 bits per heavy atom. The normalized spacial score (nSPS) is 15.3. The molecule has 0 aliphatic heterocycles. The molecule has 1 N–H and O–H groups in total. The summed E-state index contributed by atoms with van der Waals surface area (Å²) in [5.74, 6) is -0.159. The number of hydrogen-bond acceptors (Lipinski definition) is 4. The maximum atomic E-state index is 12.6. The molecule has 2 aromatic rings. The van der Waals surface area contributed by atoms with Gasteiger partial charge in [-0.15, -0.1) is 11.3 Å². The second-order valence-corrected chi connectivity index (χ2v) is 6.93. The Hall–Kier alpha value is -1.89. The van der Waals surface area contributed by atoms with E-state index in [4.69, 9.17) is 0 Å². The summed E-state index contributed by atoms with van der Waals surface area (Å²) in [6, 6.07) is 1.96. The fraction of sp³-hybridized carbons (Fsp3) is 0.562. The van der Waals surface area contributed by atoms with Crippen molar-refractivity contribution < 1.29 is 4.79 Å². The number of nitrogens with one attached hydrogen (secondary N) is 1. The third-order valence-corrected chi connectivity index (χ3v) is 5.20. The molecule has 0 atom stereocenters. The molecule has 1 amide bonds. The molecule has 2 heterocycles. The average Bonchev–Trinajstić information content (AvgIpc) is 3.19. The average molecular weight is 335 g/mol. The minimum Gasteiger partial charge on any atom is -0.352 e. The van der Waals surface area contributed by atoms with Crippen molar-refractivity contribution in [1.82, 2.24) is 14.5 Å². The topological polar surface area (TPSA) is 73.1 Å². The number of thiophene rings is 1. The number of carbonyl (C=O) groups excluding carboxylic acids is 1. The fourth-order valence-corrected chi connectivity index (χ4v) is 4.04. The van der Waals surface area contributed by atoms with Crippen LogP contribution < -0.4 is 16.6 Å². The van der Waals surface area contributed by atoms with Crippen molar-refractivity contribution in [2.24, 2.45) is 0 Å². The lowest BCUT2D eigenvalue weighted by Crippen LogP contribution is -2.43. The van der Waals surface area contributed by atoms with Gasteiger partial charge in [-0.3, -0.25) is 18.7 Å². The van der Waals surface area contributed by atoms with E-state index in [1.54, 1.807) is 11.4 Å². The summed E-state index contributed by atoms with van der Waals surface area (Å²) >= 11 is 1.31. The molecule has 124 valence electrons. The summed E-state index contributed by atoms with van der Waals surface area (Å²) in [5.41, 5.74) is -0.0995. The van der Waals surface area contributed by atoms with E-state index in [1.807, 2.05) is 6.92 Å². The van der Waals surface area contributed by atoms with Crippen molar-refractivity contribution in [2.75, 3.05) is 0 Å². The molecule has 0 saturated heterocycles. The molecular weight excluding hydrogens is 314 g/mol. The van der Waals surface area contributed by atoms with Crippen LogP contribution in [0.3, 0.4) is 0 Å². The van der Waals surface area contributed by atoms with Crippen molar-refractivity contribution in [3.8, 4) is 0 Å². The first-order valence-electron chi connectivity index (χ1n) is 8.12. The predicted octanol–water partition coefficient (Wildman–Crippen LogP) is 1.69. The standard InChI is InChI=1S/C16H21N3O3S/c1-2-8-18-15(21)14-12(7-9-23-14)19(16(18)22)10-13(20)17-11-5-3-4-6-11/h7,9,11H,2-6,8,10H2,1H3,(H,17,20). The van der Waals surface area contributed by atoms with Crippen molar-refractivity contribution in [3.63, 3.8) is 0 Å². The first-order chi connectivity index (χ1) is 11.1. The van der Waals surface area contributed by atoms with Crippen LogP contribution in [0.1, 0.15) is 39.0 Å². The van der Waals surface area contributed by atoms with Gasteiger partial charge in [0.1, 0.15) is 11.2 Å². The summed E-state index contributed by atoms with van der Waals surface area (Å²) in [6.07, 6.45) is 4.98. The first kappa shape index (κ1) is 16.0. The van der Waals surface area contributed by atoms with Crippen LogP contribution in [0.4, 0.5) is 0 Å². The number of amides is 1. The van der Waals surface area contributed by atoms with Gasteiger partial charge in [-0.05, 0) is 30.7 Å². The van der Waals surface area contributed by atoms with Gasteiger partial charge in [-0.25, -0.2) is 4.79 Å². The minimum atomic E-state index is -0.399. The zero-order valence-corrected chi connectivity index (χ0v) is 14.0. The van der Waals surface area contributed by atoms with Crippen LogP contribution in [0.5, 0.6) is 0 Å². The third kappa shape index (κ3) is 3.10. The smallest absolute Gasteiger partial charge is 0.332 e. The summed E-state index contributed by atoms with van der Waals surface area (Å²) in [7, 11) is 0. The van der Waals surface area contributed by atoms with Gasteiger partial charge in [0.05, 0.1) is 5.52 Å². The first-order valence-corrected chi connectivity index (χ1v) is 9.00. The minimum absolute atomic E-state index is 0.0352. The Morgan fingerprint density at radius 1 is 1.30 bits per heavy atom. The van der Waals surface area contributed by atoms with Crippen LogP contribution in [0, 0.1) is 0 Å². The summed E-state index contributed by atoms with van der Waals surface area (Å²) in [6.45, 7) is 2.25. The van der Waals surface area contributed by atoms with Crippen LogP contribution in [-0.2, 0) is 17.9 Å². The van der Waals surface area contributed by atoms with Gasteiger partial charge in [0.15, 0.2) is 0 Å². The summed E-state index contributed by atoms with van der Waals surface area (Å²) in [5, 5.41) is 4.78. The second kappa shape index (κ2) is 6.70. The predicted molar refractivity (Wildman–Crippen MR) is 91.0 cm³/mol. The van der Waals surface area contributed by atoms with E-state index in [-0.39, 0.29) is 24.1 Å². The highest BCUT2D eigenvalue weighted by Crippen LogP contribution is 2.18. The van der Waals surface area contributed by atoms with Crippen LogP contribution >= 0.6 is 11.3 Å². The molecule has 2 aromatic heterocycles. The zero-order valence-electron chi connectivity index (χ0n) is 13.2. The fourth-order valence-electron chi connectivity index (χ4n) is 3.19. The molecule has 3 rings (SSSR count). The number of rotatable bonds is 5. The lowest BCUT2D eigenvalue weighted by molar-refractivity contribution is -0.122. The van der Waals surface area contributed by atoms with E-state index in [2.05, 4.69) is 5.32 Å². The van der Waals surface area contributed by atoms with E-state index in [0.29, 0.717) is 23.2 Å². The third-order valence-electron chi connectivity index (χ3n) is 4.31. The lowest BCUT2D eigenvalue weighted by atomic mass is 10.2. The molecule has 1 aliphatic carbocycles. The molecule has 0 bridgehead atoms. The number of fused-ring (bicyclic) bond motifs is 1. The van der Waals surface area contributed by atoms with Crippen LogP contribution in [0.15, 0.2) is 21.0 Å². The highest BCUT2D eigenvalue weighted by molar-refractivity contribution is 7.17. The van der Waals surface area contributed by atoms with Crippen molar-refractivity contribution >= 4 is 27.5 Å². The van der Waals surface area contributed by atoms with Gasteiger partial charge in [0, 0.05) is 12.6 Å². The summed E-state index contributed by atoms with van der Waals surface area (Å²) < 4.78 is 3.20. The highest BCUT2D eigenvalue weighted by Gasteiger charge is 2.19. The largest absolute Gasteiger partial charge is 0.352 e. The molecule has 1 fully saturated rings. The van der Waals surface area contributed by atoms with E-state index in [9.17, 15) is 14.4 Å². The molecule has 23 heavy (non-hydrogen) atoms. The van der Waals surface area contributed by atoms with Gasteiger partial charge in [-0.2, -0.15) is 0 Å². The molecule has 0 spiro atoms. The summed E-state index contributed by atoms with van der Waals surface area (Å²) in [4.78, 5) is 37.3. The zero-order chi connectivity index (χ0) is 16.4.